The smallest absolute Gasteiger partial charge is 0.374 e. The van der Waals surface area contributed by atoms with Gasteiger partial charge >= 0.3 is 15.6 Å². The highest BCUT2D eigenvalue weighted by atomic mass is 35.5. The van der Waals surface area contributed by atoms with Gasteiger partial charge in [-0.1, -0.05) is 23.7 Å². The van der Waals surface area contributed by atoms with Crippen LogP contribution in [0.5, 0.6) is 5.75 Å². The number of hydrogen-bond acceptors (Lipinski definition) is 6. The maximum atomic E-state index is 15.4. The number of amides is 1. The molecule has 0 saturated heterocycles. The van der Waals surface area contributed by atoms with Crippen LogP contribution in [-0.2, 0) is 10.1 Å². The van der Waals surface area contributed by atoms with Crippen molar-refractivity contribution in [3.63, 3.8) is 0 Å². The van der Waals surface area contributed by atoms with Gasteiger partial charge in [0.05, 0.1) is 11.8 Å². The van der Waals surface area contributed by atoms with Crippen LogP contribution in [-0.4, -0.2) is 49.1 Å². The van der Waals surface area contributed by atoms with Crippen molar-refractivity contribution in [2.75, 3.05) is 14.1 Å². The summed E-state index contributed by atoms with van der Waals surface area (Å²) in [4.78, 5) is 29.8. The van der Waals surface area contributed by atoms with Gasteiger partial charge in [0.1, 0.15) is 16.6 Å². The minimum atomic E-state index is -6.15. The standard InChI is InChI=1S/C22H19ClF5N3O5S/c1-5-9-29-19(13-7-6-8-14(18(13)25)20(32)30(3)4)15(24)11-31-12(2)10-16(17(23)21(31)33)36-37(34,35)22(26,27)28/h5-11H,1-4H3/b9-5+,15-11-,29-19+. The second-order valence-electron chi connectivity index (χ2n) is 7.43. The molecule has 8 nitrogen and oxygen atoms in total. The van der Waals surface area contributed by atoms with E-state index in [0.717, 1.165) is 24.1 Å². The molecule has 0 radical (unpaired) electrons. The Balaban J connectivity index is 2.68. The fourth-order valence-corrected chi connectivity index (χ4v) is 3.48. The number of hydrogen-bond donors (Lipinski definition) is 0. The van der Waals surface area contributed by atoms with E-state index >= 15 is 8.78 Å². The summed E-state index contributed by atoms with van der Waals surface area (Å²) in [5, 5.41) is -1.10. The maximum absolute atomic E-state index is 15.4. The van der Waals surface area contributed by atoms with Crippen LogP contribution in [0.3, 0.4) is 0 Å². The van der Waals surface area contributed by atoms with Crippen molar-refractivity contribution in [1.82, 2.24) is 9.47 Å². The molecule has 37 heavy (non-hydrogen) atoms. The summed E-state index contributed by atoms with van der Waals surface area (Å²) in [7, 11) is -3.38. The Labute approximate surface area is 213 Å². The molecule has 0 N–H and O–H groups in total. The van der Waals surface area contributed by atoms with Crippen molar-refractivity contribution in [2.45, 2.75) is 19.4 Å². The van der Waals surface area contributed by atoms with Crippen molar-refractivity contribution in [3.8, 4) is 5.75 Å². The van der Waals surface area contributed by atoms with Crippen LogP contribution in [0.25, 0.3) is 6.20 Å². The zero-order valence-corrected chi connectivity index (χ0v) is 21.2. The second-order valence-corrected chi connectivity index (χ2v) is 9.34. The Hall–Kier alpha value is -3.52. The molecule has 15 heteroatoms. The zero-order valence-electron chi connectivity index (χ0n) is 19.6. The molecule has 1 aromatic heterocycles. The number of benzene rings is 1. The Bertz CT molecular complexity index is 1480. The van der Waals surface area contributed by atoms with Gasteiger partial charge in [0.25, 0.3) is 11.5 Å². The number of nitrogens with zero attached hydrogens (tertiary/aromatic N) is 3. The predicted octanol–water partition coefficient (Wildman–Crippen LogP) is 4.67. The van der Waals surface area contributed by atoms with Gasteiger partial charge in [-0.05, 0) is 26.0 Å². The monoisotopic (exact) mass is 567 g/mol. The number of pyridine rings is 1. The number of carbonyl (C=O) groups is 1. The maximum Gasteiger partial charge on any atom is 0.534 e. The highest BCUT2D eigenvalue weighted by Crippen LogP contribution is 2.30. The minimum absolute atomic E-state index is 0.292. The van der Waals surface area contributed by atoms with Crippen LogP contribution < -0.4 is 9.74 Å². The van der Waals surface area contributed by atoms with E-state index < -0.39 is 60.8 Å². The zero-order chi connectivity index (χ0) is 28.3. The lowest BCUT2D eigenvalue weighted by Crippen LogP contribution is -2.29. The third kappa shape index (κ3) is 6.43. The molecule has 0 saturated carbocycles. The summed E-state index contributed by atoms with van der Waals surface area (Å²) in [6.45, 7) is 2.65. The van der Waals surface area contributed by atoms with Gasteiger partial charge in [0.15, 0.2) is 11.6 Å². The average Bonchev–Trinajstić information content (AvgIpc) is 2.79. The minimum Gasteiger partial charge on any atom is -0.374 e. The summed E-state index contributed by atoms with van der Waals surface area (Å²) in [6.07, 6.45) is 3.03. The molecule has 0 atom stereocenters. The molecule has 2 rings (SSSR count). The molecule has 1 heterocycles. The molecule has 2 aromatic rings. The van der Waals surface area contributed by atoms with Crippen molar-refractivity contribution in [1.29, 1.82) is 0 Å². The molecule has 0 aliphatic carbocycles. The second kappa shape index (κ2) is 11.3. The molecule has 0 bridgehead atoms. The normalized spacial score (nSPS) is 13.2. The lowest BCUT2D eigenvalue weighted by atomic mass is 10.0. The van der Waals surface area contributed by atoms with E-state index in [1.54, 1.807) is 0 Å². The molecule has 0 aliphatic heterocycles. The average molecular weight is 568 g/mol. The van der Waals surface area contributed by atoms with Crippen molar-refractivity contribution in [2.24, 2.45) is 4.99 Å². The lowest BCUT2D eigenvalue weighted by molar-refractivity contribution is -0.0500. The summed E-state index contributed by atoms with van der Waals surface area (Å²) in [6, 6.07) is 4.27. The third-order valence-corrected chi connectivity index (χ3v) is 5.85. The van der Waals surface area contributed by atoms with E-state index in [1.807, 2.05) is 0 Å². The molecular formula is C22H19ClF5N3O5S. The number of aromatic nitrogens is 1. The third-order valence-electron chi connectivity index (χ3n) is 4.54. The van der Waals surface area contributed by atoms with Crippen LogP contribution in [0, 0.1) is 12.7 Å². The van der Waals surface area contributed by atoms with E-state index in [0.29, 0.717) is 16.8 Å². The van der Waals surface area contributed by atoms with Crippen LogP contribution >= 0.6 is 11.6 Å². The van der Waals surface area contributed by atoms with E-state index in [9.17, 15) is 31.2 Å². The van der Waals surface area contributed by atoms with Crippen molar-refractivity contribution < 1.29 is 39.3 Å². The molecule has 0 fully saturated rings. The molecule has 0 aliphatic rings. The van der Waals surface area contributed by atoms with Gasteiger partial charge in [0, 0.05) is 37.6 Å². The summed E-state index contributed by atoms with van der Waals surface area (Å²) < 4.78 is 95.5. The number of rotatable bonds is 7. The Kier molecular flexibility index (Phi) is 9.04. The highest BCUT2D eigenvalue weighted by Gasteiger charge is 2.49. The van der Waals surface area contributed by atoms with Crippen molar-refractivity contribution in [3.05, 3.63) is 80.4 Å². The van der Waals surface area contributed by atoms with Gasteiger partial charge < -0.3 is 9.08 Å². The summed E-state index contributed by atoms with van der Waals surface area (Å²) in [5.41, 5.74) is -8.88. The Morgan fingerprint density at radius 2 is 1.81 bits per heavy atom. The number of alkyl halides is 3. The van der Waals surface area contributed by atoms with E-state index in [1.165, 1.54) is 39.2 Å². The fraction of sp³-hybridized carbons (Fsp3) is 0.227. The van der Waals surface area contributed by atoms with Crippen LogP contribution in [0.4, 0.5) is 22.0 Å². The van der Waals surface area contributed by atoms with Gasteiger partial charge in [-0.15, -0.1) is 0 Å². The van der Waals surface area contributed by atoms with Gasteiger partial charge in [-0.3, -0.25) is 19.1 Å². The number of carbonyl (C=O) groups excluding carboxylic acids is 1. The number of aliphatic imine (C=N–C) groups is 1. The Morgan fingerprint density at radius 3 is 2.35 bits per heavy atom. The lowest BCUT2D eigenvalue weighted by Gasteiger charge is -2.14. The van der Waals surface area contributed by atoms with Gasteiger partial charge in [-0.2, -0.15) is 21.6 Å². The molecule has 200 valence electrons. The van der Waals surface area contributed by atoms with Crippen LogP contribution in [0.2, 0.25) is 5.02 Å². The number of aryl methyl sites for hydroxylation is 1. The first-order valence-electron chi connectivity index (χ1n) is 10.0. The SMILES string of the molecule is C/C=C/N=C(/C(F)=C/n1c(C)cc(OS(=O)(=O)C(F)(F)F)c(Cl)c1=O)c1cccc(C(=O)N(C)C)c1F. The molecule has 0 unspecified atom stereocenters. The van der Waals surface area contributed by atoms with Crippen LogP contribution in [0.1, 0.15) is 28.5 Å². The van der Waals surface area contributed by atoms with E-state index in [2.05, 4.69) is 9.18 Å². The molecule has 1 aromatic carbocycles. The topological polar surface area (TPSA) is 98.0 Å². The highest BCUT2D eigenvalue weighted by molar-refractivity contribution is 7.88. The molecule has 1 amide bonds. The first kappa shape index (κ1) is 29.7. The van der Waals surface area contributed by atoms with Gasteiger partial charge in [0.2, 0.25) is 0 Å². The fourth-order valence-electron chi connectivity index (χ4n) is 2.78. The Morgan fingerprint density at radius 1 is 1.22 bits per heavy atom. The predicted molar refractivity (Wildman–Crippen MR) is 127 cm³/mol. The largest absolute Gasteiger partial charge is 0.534 e. The number of halogens is 6. The molecule has 0 spiro atoms. The summed E-state index contributed by atoms with van der Waals surface area (Å²) in [5.74, 6) is -4.24. The van der Waals surface area contributed by atoms with Crippen molar-refractivity contribution >= 4 is 39.5 Å². The van der Waals surface area contributed by atoms with E-state index in [4.69, 9.17) is 11.6 Å². The van der Waals surface area contributed by atoms with E-state index in [-0.39, 0.29) is 11.3 Å². The molecular weight excluding hydrogens is 549 g/mol. The quantitative estimate of drug-likeness (QED) is 0.210. The van der Waals surface area contributed by atoms with Crippen LogP contribution in [0.15, 0.2) is 52.2 Å². The number of allylic oxidation sites excluding steroid dienone is 2. The summed E-state index contributed by atoms with van der Waals surface area (Å²) >= 11 is 5.72. The first-order chi connectivity index (χ1) is 17.0. The van der Waals surface area contributed by atoms with Gasteiger partial charge in [-0.25, -0.2) is 8.78 Å². The first-order valence-corrected chi connectivity index (χ1v) is 11.8.